The van der Waals surface area contributed by atoms with Gasteiger partial charge in [0.25, 0.3) is 0 Å². The van der Waals surface area contributed by atoms with Crippen molar-refractivity contribution in [1.82, 2.24) is 0 Å². The Labute approximate surface area is 117 Å². The molecule has 122 valence electrons. The average molecular weight is 317 g/mol. The maximum absolute atomic E-state index is 12.7. The van der Waals surface area contributed by atoms with E-state index >= 15 is 0 Å². The third-order valence-corrected chi connectivity index (χ3v) is 3.01. The first kappa shape index (κ1) is 17.6. The minimum Gasteiger partial charge on any atom is -0.550 e. The largest absolute Gasteiger partial charge is 0.550 e. The molecule has 1 saturated heterocycles. The molecule has 0 radical (unpaired) electrons. The highest BCUT2D eigenvalue weighted by atomic mass is 19.3. The van der Waals surface area contributed by atoms with E-state index in [2.05, 4.69) is 4.74 Å². The topological polar surface area (TPSA) is 80.1 Å². The lowest BCUT2D eigenvalue weighted by Crippen LogP contribution is -3.18. The second-order valence-corrected chi connectivity index (χ2v) is 4.57. The number of aliphatic carboxylic acids is 1. The van der Waals surface area contributed by atoms with Crippen LogP contribution in [0.4, 0.5) is 17.6 Å². The summed E-state index contributed by atoms with van der Waals surface area (Å²) in [5, 5.41) is 10.6. The van der Waals surface area contributed by atoms with Crippen molar-refractivity contribution in [3.8, 4) is 0 Å². The highest BCUT2D eigenvalue weighted by Gasteiger charge is 2.43. The molecule has 6 nitrogen and oxygen atoms in total. The fraction of sp³-hybridized carbons (Fsp3) is 0.818. The molecule has 1 N–H and O–H groups in total. The van der Waals surface area contributed by atoms with Gasteiger partial charge >= 0.3 is 18.3 Å². The number of alkyl halides is 4. The highest BCUT2D eigenvalue weighted by molar-refractivity contribution is 5.80. The molecule has 10 heteroatoms. The summed E-state index contributed by atoms with van der Waals surface area (Å²) in [5.74, 6) is -7.30. The van der Waals surface area contributed by atoms with Crippen molar-refractivity contribution in [3.63, 3.8) is 0 Å². The van der Waals surface area contributed by atoms with Crippen molar-refractivity contribution < 1.29 is 46.6 Å². The van der Waals surface area contributed by atoms with Gasteiger partial charge in [0.15, 0.2) is 12.6 Å². The van der Waals surface area contributed by atoms with E-state index in [1.54, 1.807) is 0 Å². The van der Waals surface area contributed by atoms with Gasteiger partial charge in [-0.1, -0.05) is 0 Å². The maximum atomic E-state index is 12.7. The first-order valence-electron chi connectivity index (χ1n) is 6.19. The van der Waals surface area contributed by atoms with Crippen molar-refractivity contribution in [2.75, 3.05) is 32.9 Å². The Morgan fingerprint density at radius 3 is 2.33 bits per heavy atom. The van der Waals surface area contributed by atoms with Crippen molar-refractivity contribution >= 4 is 11.9 Å². The summed E-state index contributed by atoms with van der Waals surface area (Å²) in [7, 11) is 0. The predicted octanol–water partition coefficient (Wildman–Crippen LogP) is -2.15. The molecule has 1 rings (SSSR count). The van der Waals surface area contributed by atoms with Crippen molar-refractivity contribution in [2.45, 2.75) is 24.8 Å². The van der Waals surface area contributed by atoms with E-state index in [0.29, 0.717) is 4.90 Å². The van der Waals surface area contributed by atoms with Gasteiger partial charge in [-0.25, -0.2) is 13.6 Å². The molecule has 0 bridgehead atoms. The van der Waals surface area contributed by atoms with Crippen molar-refractivity contribution in [1.29, 1.82) is 0 Å². The summed E-state index contributed by atoms with van der Waals surface area (Å²) in [6.45, 7) is -0.716. The smallest absolute Gasteiger partial charge is 0.365 e. The van der Waals surface area contributed by atoms with Gasteiger partial charge in [0, 0.05) is 5.97 Å². The number of nitrogens with one attached hydrogen (secondary N) is 1. The third-order valence-electron chi connectivity index (χ3n) is 3.01. The van der Waals surface area contributed by atoms with Crippen molar-refractivity contribution in [3.05, 3.63) is 0 Å². The number of morpholine rings is 1. The first-order chi connectivity index (χ1) is 9.74. The Bertz CT molecular complexity index is 374. The Morgan fingerprint density at radius 2 is 1.86 bits per heavy atom. The van der Waals surface area contributed by atoms with Crippen molar-refractivity contribution in [2.24, 2.45) is 0 Å². The molecule has 1 heterocycles. The van der Waals surface area contributed by atoms with Gasteiger partial charge in [0.05, 0.1) is 19.6 Å². The molecule has 0 spiro atoms. The molecule has 1 aliphatic rings. The quantitative estimate of drug-likeness (QED) is 0.428. The summed E-state index contributed by atoms with van der Waals surface area (Å²) in [6, 6.07) is -1.28. The lowest BCUT2D eigenvalue weighted by Gasteiger charge is -2.30. The zero-order valence-electron chi connectivity index (χ0n) is 11.0. The summed E-state index contributed by atoms with van der Waals surface area (Å²) in [5.41, 5.74) is 0. The van der Waals surface area contributed by atoms with Gasteiger partial charge in [-0.2, -0.15) is 8.78 Å². The van der Waals surface area contributed by atoms with E-state index in [1.807, 2.05) is 0 Å². The van der Waals surface area contributed by atoms with Gasteiger partial charge in [0.1, 0.15) is 13.1 Å². The van der Waals surface area contributed by atoms with Crippen LogP contribution in [-0.4, -0.2) is 63.2 Å². The van der Waals surface area contributed by atoms with Gasteiger partial charge in [-0.3, -0.25) is 0 Å². The molecule has 1 atom stereocenters. The van der Waals surface area contributed by atoms with Crippen LogP contribution in [0.25, 0.3) is 0 Å². The zero-order valence-corrected chi connectivity index (χ0v) is 11.0. The minimum atomic E-state index is -4.47. The standard InChI is InChI=1S/C11H15F4NO5/c12-10(13)11(14,15)6-21-9(19)7(5-8(17)18)16-1-3-20-4-2-16/h7,10H,1-6H2,(H,17,18)/t7-/m0/s1. The number of hydrogen-bond donors (Lipinski definition) is 1. The summed E-state index contributed by atoms with van der Waals surface area (Å²) in [4.78, 5) is 22.8. The van der Waals surface area contributed by atoms with E-state index in [1.165, 1.54) is 0 Å². The molecule has 0 aromatic rings. The van der Waals surface area contributed by atoms with Gasteiger partial charge in [-0.05, 0) is 0 Å². The lowest BCUT2D eigenvalue weighted by molar-refractivity contribution is -0.924. The van der Waals surface area contributed by atoms with E-state index in [9.17, 15) is 32.3 Å². The Morgan fingerprint density at radius 1 is 1.29 bits per heavy atom. The molecule has 1 aliphatic heterocycles. The zero-order chi connectivity index (χ0) is 16.0. The number of ether oxygens (including phenoxy) is 2. The van der Waals surface area contributed by atoms with Crippen LogP contribution in [0, 0.1) is 0 Å². The number of carboxylic acid groups (broad SMARTS) is 1. The monoisotopic (exact) mass is 317 g/mol. The fourth-order valence-corrected chi connectivity index (χ4v) is 1.87. The van der Waals surface area contributed by atoms with Gasteiger partial charge < -0.3 is 24.3 Å². The molecular formula is C11H15F4NO5. The first-order valence-corrected chi connectivity index (χ1v) is 6.19. The molecule has 1 fully saturated rings. The molecule has 0 aromatic carbocycles. The van der Waals surface area contributed by atoms with Crippen LogP contribution in [0.3, 0.4) is 0 Å². The summed E-state index contributed by atoms with van der Waals surface area (Å²) < 4.78 is 58.5. The normalized spacial score (nSPS) is 18.5. The van der Waals surface area contributed by atoms with Crippen LogP contribution in [-0.2, 0) is 19.1 Å². The van der Waals surface area contributed by atoms with Crippen LogP contribution in [0.5, 0.6) is 0 Å². The van der Waals surface area contributed by atoms with Crippen LogP contribution >= 0.6 is 0 Å². The van der Waals surface area contributed by atoms with Gasteiger partial charge in [-0.15, -0.1) is 0 Å². The number of carbonyl (C=O) groups excluding carboxylic acids is 2. The maximum Gasteiger partial charge on any atom is 0.365 e. The molecule has 0 saturated carbocycles. The van der Waals surface area contributed by atoms with E-state index in [-0.39, 0.29) is 26.3 Å². The van der Waals surface area contributed by atoms with Crippen LogP contribution in [0.15, 0.2) is 0 Å². The lowest BCUT2D eigenvalue weighted by atomic mass is 10.1. The molecule has 0 amide bonds. The molecule has 0 aliphatic carbocycles. The number of carbonyl (C=O) groups is 2. The number of carboxylic acids is 1. The van der Waals surface area contributed by atoms with Crippen LogP contribution in [0.1, 0.15) is 6.42 Å². The fourth-order valence-electron chi connectivity index (χ4n) is 1.87. The third kappa shape index (κ3) is 5.46. The van der Waals surface area contributed by atoms with Crippen LogP contribution in [0.2, 0.25) is 0 Å². The van der Waals surface area contributed by atoms with Gasteiger partial charge in [0.2, 0.25) is 0 Å². The predicted molar refractivity (Wildman–Crippen MR) is 56.8 cm³/mol. The number of hydrogen-bond acceptors (Lipinski definition) is 5. The number of rotatable bonds is 7. The number of quaternary nitrogens is 1. The Balaban J connectivity index is 2.64. The average Bonchev–Trinajstić information content (AvgIpc) is 2.43. The van der Waals surface area contributed by atoms with E-state index in [0.717, 1.165) is 0 Å². The highest BCUT2D eigenvalue weighted by Crippen LogP contribution is 2.22. The summed E-state index contributed by atoms with van der Waals surface area (Å²) >= 11 is 0. The second-order valence-electron chi connectivity index (χ2n) is 4.57. The van der Waals surface area contributed by atoms with E-state index < -0.39 is 43.4 Å². The SMILES string of the molecule is O=C([O-])C[C@@H](C(=O)OCC(F)(F)C(F)F)[NH+]1CCOCC1. The number of esters is 1. The van der Waals surface area contributed by atoms with Crippen LogP contribution < -0.4 is 10.0 Å². The second kappa shape index (κ2) is 7.55. The number of halogens is 4. The molecule has 0 aromatic heterocycles. The molecule has 21 heavy (non-hydrogen) atoms. The Kier molecular flexibility index (Phi) is 6.34. The Hall–Kier alpha value is -1.42. The minimum absolute atomic E-state index is 0.263. The van der Waals surface area contributed by atoms with E-state index in [4.69, 9.17) is 4.74 Å². The molecule has 0 unspecified atom stereocenters. The molecular weight excluding hydrogens is 302 g/mol. The summed E-state index contributed by atoms with van der Waals surface area (Å²) in [6.07, 6.45) is -4.71.